The van der Waals surface area contributed by atoms with Crippen molar-refractivity contribution >= 4 is 0 Å². The van der Waals surface area contributed by atoms with E-state index in [2.05, 4.69) is 36.5 Å². The lowest BCUT2D eigenvalue weighted by Gasteiger charge is -2.27. The summed E-state index contributed by atoms with van der Waals surface area (Å²) >= 11 is 0. The Morgan fingerprint density at radius 3 is 2.03 bits per heavy atom. The smallest absolute Gasteiger partial charge is 0.102 e. The van der Waals surface area contributed by atoms with Crippen LogP contribution >= 0.6 is 0 Å². The van der Waals surface area contributed by atoms with E-state index in [-0.39, 0.29) is 24.4 Å². The highest BCUT2D eigenvalue weighted by atomic mass is 16.6. The lowest BCUT2D eigenvalue weighted by Crippen LogP contribution is -2.46. The van der Waals surface area contributed by atoms with Crippen LogP contribution in [0, 0.1) is 0 Å². The van der Waals surface area contributed by atoms with Gasteiger partial charge in [-0.15, -0.1) is 0 Å². The molecule has 0 saturated heterocycles. The Morgan fingerprint density at radius 2 is 1.48 bits per heavy atom. The van der Waals surface area contributed by atoms with E-state index in [0.29, 0.717) is 19.8 Å². The van der Waals surface area contributed by atoms with Crippen molar-refractivity contribution in [3.05, 3.63) is 71.8 Å². The molecule has 0 spiro atoms. The lowest BCUT2D eigenvalue weighted by molar-refractivity contribution is -0.0912. The monoisotopic (exact) mass is 427 g/mol. The summed E-state index contributed by atoms with van der Waals surface area (Å²) in [7, 11) is 1.94. The van der Waals surface area contributed by atoms with Crippen LogP contribution in [0.4, 0.5) is 0 Å². The van der Waals surface area contributed by atoms with Gasteiger partial charge in [-0.2, -0.15) is 0 Å². The predicted molar refractivity (Wildman–Crippen MR) is 123 cm³/mol. The van der Waals surface area contributed by atoms with Crippen molar-refractivity contribution in [3.8, 4) is 0 Å². The summed E-state index contributed by atoms with van der Waals surface area (Å²) in [6.45, 7) is 3.54. The molecule has 1 unspecified atom stereocenters. The minimum Gasteiger partial charge on any atom is -0.391 e. The number of likely N-dealkylation sites (N-methyl/N-ethyl adjacent to an activating group) is 1. The zero-order valence-electron chi connectivity index (χ0n) is 18.8. The molecule has 0 aliphatic heterocycles. The Bertz CT molecular complexity index is 727. The van der Waals surface area contributed by atoms with Crippen molar-refractivity contribution in [1.29, 1.82) is 0 Å². The van der Waals surface area contributed by atoms with Crippen LogP contribution in [-0.2, 0) is 27.4 Å². The van der Waals surface area contributed by atoms with Gasteiger partial charge in [0.25, 0.3) is 0 Å². The number of hydrogen-bond acceptors (Lipinski definition) is 5. The van der Waals surface area contributed by atoms with Gasteiger partial charge in [-0.05, 0) is 24.6 Å². The first kappa shape index (κ1) is 23.9. The number of benzene rings is 2. The quantitative estimate of drug-likeness (QED) is 0.504. The molecule has 0 radical (unpaired) electrons. The number of aliphatic hydroxyl groups is 1. The fraction of sp³-hybridized carbons (Fsp3) is 0.538. The van der Waals surface area contributed by atoms with Gasteiger partial charge in [0.15, 0.2) is 0 Å². The standard InChI is InChI=1S/C26H37NO4/c1-3-4-15-22(28)19-31-26-24(30-18-21-13-9-6-10-14-21)16-23(25(26)27-2)29-17-20-11-7-5-8-12-20/h5-14,22-28H,3-4,15-19H2,1-2H3/t22?,23-,24+,25+,26+/m1/s1. The summed E-state index contributed by atoms with van der Waals surface area (Å²) in [4.78, 5) is 0. The first-order chi connectivity index (χ1) is 15.2. The summed E-state index contributed by atoms with van der Waals surface area (Å²) in [6.07, 6.45) is 2.83. The van der Waals surface area contributed by atoms with Gasteiger partial charge in [0.1, 0.15) is 6.10 Å². The fourth-order valence-corrected chi connectivity index (χ4v) is 4.15. The number of nitrogens with one attached hydrogen (secondary N) is 1. The summed E-state index contributed by atoms with van der Waals surface area (Å²) in [5.74, 6) is 0. The van der Waals surface area contributed by atoms with Gasteiger partial charge in [0.05, 0.1) is 44.2 Å². The van der Waals surface area contributed by atoms with Crippen LogP contribution in [0.5, 0.6) is 0 Å². The zero-order valence-corrected chi connectivity index (χ0v) is 18.8. The molecule has 3 rings (SSSR count). The Balaban J connectivity index is 1.63. The topological polar surface area (TPSA) is 60.0 Å². The maximum Gasteiger partial charge on any atom is 0.102 e. The largest absolute Gasteiger partial charge is 0.391 e. The van der Waals surface area contributed by atoms with Gasteiger partial charge in [-0.1, -0.05) is 80.4 Å². The molecule has 2 aromatic rings. The SMILES string of the molecule is CCCCC(O)CO[C@@H]1[C@@H](NC)[C@H](OCc2ccccc2)C[C@@H]1OCc1ccccc1. The van der Waals surface area contributed by atoms with Crippen LogP contribution in [0.3, 0.4) is 0 Å². The van der Waals surface area contributed by atoms with E-state index in [4.69, 9.17) is 14.2 Å². The summed E-state index contributed by atoms with van der Waals surface area (Å²) < 4.78 is 18.8. The van der Waals surface area contributed by atoms with Crippen molar-refractivity contribution < 1.29 is 19.3 Å². The van der Waals surface area contributed by atoms with E-state index >= 15 is 0 Å². The molecule has 2 N–H and O–H groups in total. The molecule has 0 heterocycles. The highest BCUT2D eigenvalue weighted by molar-refractivity contribution is 5.14. The molecule has 31 heavy (non-hydrogen) atoms. The van der Waals surface area contributed by atoms with Crippen LogP contribution in [0.1, 0.15) is 43.7 Å². The number of unbranched alkanes of at least 4 members (excludes halogenated alkanes) is 1. The zero-order chi connectivity index (χ0) is 21.9. The molecule has 1 aliphatic carbocycles. The van der Waals surface area contributed by atoms with Crippen LogP contribution in [0.25, 0.3) is 0 Å². The summed E-state index contributed by atoms with van der Waals surface area (Å²) in [6, 6.07) is 20.4. The molecule has 1 aliphatic rings. The molecule has 5 nitrogen and oxygen atoms in total. The van der Waals surface area contributed by atoms with Crippen molar-refractivity contribution in [3.63, 3.8) is 0 Å². The molecular weight excluding hydrogens is 390 g/mol. The van der Waals surface area contributed by atoms with E-state index in [1.165, 1.54) is 0 Å². The molecule has 5 heteroatoms. The average molecular weight is 428 g/mol. The fourth-order valence-electron chi connectivity index (χ4n) is 4.15. The lowest BCUT2D eigenvalue weighted by atomic mass is 10.1. The van der Waals surface area contributed by atoms with Crippen LogP contribution in [0.15, 0.2) is 60.7 Å². The molecular formula is C26H37NO4. The van der Waals surface area contributed by atoms with E-state index < -0.39 is 6.10 Å². The molecule has 5 atom stereocenters. The first-order valence-electron chi connectivity index (χ1n) is 11.5. The summed E-state index contributed by atoms with van der Waals surface area (Å²) in [5.41, 5.74) is 2.29. The van der Waals surface area contributed by atoms with Crippen LogP contribution in [-0.4, -0.2) is 49.2 Å². The Kier molecular flexibility index (Phi) is 9.97. The number of rotatable bonds is 13. The van der Waals surface area contributed by atoms with E-state index in [0.717, 1.165) is 36.8 Å². The van der Waals surface area contributed by atoms with Crippen molar-refractivity contribution in [2.75, 3.05) is 13.7 Å². The van der Waals surface area contributed by atoms with Gasteiger partial charge in [0.2, 0.25) is 0 Å². The van der Waals surface area contributed by atoms with Gasteiger partial charge < -0.3 is 24.6 Å². The third kappa shape index (κ3) is 7.41. The van der Waals surface area contributed by atoms with Crippen LogP contribution < -0.4 is 5.32 Å². The first-order valence-corrected chi connectivity index (χ1v) is 11.5. The second kappa shape index (κ2) is 12.9. The minimum absolute atomic E-state index is 0.00265. The van der Waals surface area contributed by atoms with Crippen molar-refractivity contribution in [2.24, 2.45) is 0 Å². The highest BCUT2D eigenvalue weighted by Gasteiger charge is 2.45. The van der Waals surface area contributed by atoms with Gasteiger partial charge in [0, 0.05) is 6.42 Å². The normalized spacial score (nSPS) is 24.4. The van der Waals surface area contributed by atoms with Gasteiger partial charge in [-0.25, -0.2) is 0 Å². The summed E-state index contributed by atoms with van der Waals surface area (Å²) in [5, 5.41) is 13.7. The van der Waals surface area contributed by atoms with E-state index in [1.807, 2.05) is 43.4 Å². The van der Waals surface area contributed by atoms with E-state index in [9.17, 15) is 5.11 Å². The molecule has 2 aromatic carbocycles. The average Bonchev–Trinajstić information content (AvgIpc) is 3.16. The third-order valence-electron chi connectivity index (χ3n) is 5.90. The van der Waals surface area contributed by atoms with Crippen LogP contribution in [0.2, 0.25) is 0 Å². The van der Waals surface area contributed by atoms with Crippen molar-refractivity contribution in [2.45, 2.75) is 76.3 Å². The molecule has 1 saturated carbocycles. The molecule has 170 valence electrons. The molecule has 0 amide bonds. The maximum absolute atomic E-state index is 10.3. The molecule has 0 bridgehead atoms. The Labute approximate surface area is 186 Å². The third-order valence-corrected chi connectivity index (χ3v) is 5.90. The molecule has 1 fully saturated rings. The predicted octanol–water partition coefficient (Wildman–Crippen LogP) is 4.09. The maximum atomic E-state index is 10.3. The number of aliphatic hydroxyl groups excluding tert-OH is 1. The Hall–Kier alpha value is -1.76. The second-order valence-electron chi connectivity index (χ2n) is 8.31. The molecule has 0 aromatic heterocycles. The number of hydrogen-bond donors (Lipinski definition) is 2. The minimum atomic E-state index is -0.448. The Morgan fingerprint density at radius 1 is 0.903 bits per heavy atom. The van der Waals surface area contributed by atoms with Gasteiger partial charge in [-0.3, -0.25) is 0 Å². The highest BCUT2D eigenvalue weighted by Crippen LogP contribution is 2.30. The number of ether oxygens (including phenoxy) is 3. The van der Waals surface area contributed by atoms with Crippen molar-refractivity contribution in [1.82, 2.24) is 5.32 Å². The van der Waals surface area contributed by atoms with Gasteiger partial charge >= 0.3 is 0 Å². The van der Waals surface area contributed by atoms with E-state index in [1.54, 1.807) is 0 Å². The second-order valence-corrected chi connectivity index (χ2v) is 8.31.